The molecule has 2 aromatic rings. The molecule has 2 amide bonds. The average Bonchev–Trinajstić information content (AvgIpc) is 3.26. The molecule has 2 N–H and O–H groups in total. The third-order valence-electron chi connectivity index (χ3n) is 5.65. The summed E-state index contributed by atoms with van der Waals surface area (Å²) in [6.07, 6.45) is -2.56. The highest BCUT2D eigenvalue weighted by atomic mass is 32.2. The van der Waals surface area contributed by atoms with Crippen molar-refractivity contribution in [2.45, 2.75) is 24.3 Å². The maximum Gasteiger partial charge on any atom is 0.414 e. The molecule has 1 aromatic carbocycles. The first-order valence-corrected chi connectivity index (χ1v) is 12.8. The fraction of sp³-hybridized carbons (Fsp3) is 0.409. The van der Waals surface area contributed by atoms with Gasteiger partial charge in [-0.2, -0.15) is 8.78 Å². The van der Waals surface area contributed by atoms with Gasteiger partial charge in [-0.3, -0.25) is 14.7 Å². The molecule has 1 fully saturated rings. The van der Waals surface area contributed by atoms with Crippen LogP contribution in [0.1, 0.15) is 6.92 Å². The van der Waals surface area contributed by atoms with Gasteiger partial charge in [0.2, 0.25) is 0 Å². The van der Waals surface area contributed by atoms with Crippen LogP contribution in [0.4, 0.5) is 33.7 Å². The number of pyridine rings is 1. The predicted octanol–water partition coefficient (Wildman–Crippen LogP) is 1.72. The van der Waals surface area contributed by atoms with E-state index < -0.39 is 58.4 Å². The highest BCUT2D eigenvalue weighted by molar-refractivity contribution is 7.89. The largest absolute Gasteiger partial charge is 0.442 e. The molecule has 208 valence electrons. The Kier molecular flexibility index (Phi) is 9.45. The fourth-order valence-corrected chi connectivity index (χ4v) is 5.05. The van der Waals surface area contributed by atoms with Gasteiger partial charge >= 0.3 is 12.5 Å². The van der Waals surface area contributed by atoms with Crippen LogP contribution in [-0.4, -0.2) is 82.1 Å². The van der Waals surface area contributed by atoms with Crippen molar-refractivity contribution in [1.82, 2.24) is 20.1 Å². The number of benzene rings is 1. The summed E-state index contributed by atoms with van der Waals surface area (Å²) in [6.45, 7) is 0.860. The van der Waals surface area contributed by atoms with Crippen LogP contribution >= 0.6 is 0 Å². The van der Waals surface area contributed by atoms with Gasteiger partial charge in [-0.15, -0.1) is 4.41 Å². The molecule has 1 aromatic heterocycles. The number of nitrogens with one attached hydrogen (secondary N) is 2. The van der Waals surface area contributed by atoms with E-state index in [2.05, 4.69) is 10.4 Å². The van der Waals surface area contributed by atoms with Gasteiger partial charge in [-0.05, 0) is 26.1 Å². The summed E-state index contributed by atoms with van der Waals surface area (Å²) in [4.78, 5) is 29.2. The molecular weight excluding hydrogens is 536 g/mol. The molecule has 0 radical (unpaired) electrons. The highest BCUT2D eigenvalue weighted by Gasteiger charge is 2.34. The zero-order valence-corrected chi connectivity index (χ0v) is 21.2. The molecule has 0 spiro atoms. The van der Waals surface area contributed by atoms with E-state index in [1.54, 1.807) is 6.92 Å². The second-order valence-electron chi connectivity index (χ2n) is 7.98. The van der Waals surface area contributed by atoms with Gasteiger partial charge in [-0.25, -0.2) is 27.4 Å². The maximum absolute atomic E-state index is 15.1. The summed E-state index contributed by atoms with van der Waals surface area (Å²) in [6, 6.07) is 4.45. The zero-order valence-electron chi connectivity index (χ0n) is 20.4. The van der Waals surface area contributed by atoms with Crippen molar-refractivity contribution < 1.29 is 40.3 Å². The third kappa shape index (κ3) is 6.49. The maximum atomic E-state index is 15.1. The SMILES string of the molecule is CCN(CCN(NC)S(=O)(=O)c1ccncc1)c1c(F)cc(N2C[C@H](CNC(=O)C(F)F)OC2=O)cc1F. The lowest BCUT2D eigenvalue weighted by Crippen LogP contribution is -2.45. The van der Waals surface area contributed by atoms with Gasteiger partial charge in [-0.1, -0.05) is 0 Å². The topological polar surface area (TPSA) is 124 Å². The van der Waals surface area contributed by atoms with Crippen molar-refractivity contribution >= 4 is 33.4 Å². The molecule has 1 aliphatic rings. The number of hydrogen-bond acceptors (Lipinski definition) is 8. The summed E-state index contributed by atoms with van der Waals surface area (Å²) in [5, 5.41) is 1.92. The Balaban J connectivity index is 1.73. The number of hydrazine groups is 1. The molecule has 1 saturated heterocycles. The number of cyclic esters (lactones) is 1. The number of sulfonamides is 1. The second kappa shape index (κ2) is 12.4. The molecule has 1 aliphatic heterocycles. The summed E-state index contributed by atoms with van der Waals surface area (Å²) in [5.74, 6) is -3.57. The van der Waals surface area contributed by atoms with E-state index in [9.17, 15) is 26.8 Å². The number of carbonyl (C=O) groups is 2. The molecule has 2 heterocycles. The first-order valence-electron chi connectivity index (χ1n) is 11.4. The van der Waals surface area contributed by atoms with E-state index in [1.165, 1.54) is 36.5 Å². The van der Waals surface area contributed by atoms with Crippen LogP contribution in [0.2, 0.25) is 0 Å². The summed E-state index contributed by atoms with van der Waals surface area (Å²) >= 11 is 0. The lowest BCUT2D eigenvalue weighted by Gasteiger charge is -2.28. The van der Waals surface area contributed by atoms with Gasteiger partial charge in [0, 0.05) is 44.2 Å². The van der Waals surface area contributed by atoms with Crippen LogP contribution in [0.15, 0.2) is 41.6 Å². The number of ether oxygens (including phenoxy) is 1. The number of nitrogens with zero attached hydrogens (tertiary/aromatic N) is 4. The molecule has 0 aliphatic carbocycles. The average molecular weight is 563 g/mol. The van der Waals surface area contributed by atoms with Crippen molar-refractivity contribution in [3.8, 4) is 0 Å². The molecule has 16 heteroatoms. The summed E-state index contributed by atoms with van der Waals surface area (Å²) in [5.41, 5.74) is 1.96. The minimum Gasteiger partial charge on any atom is -0.442 e. The van der Waals surface area contributed by atoms with Crippen LogP contribution in [-0.2, 0) is 19.6 Å². The van der Waals surface area contributed by atoms with Crippen LogP contribution in [0.25, 0.3) is 0 Å². The molecule has 11 nitrogen and oxygen atoms in total. The quantitative estimate of drug-likeness (QED) is 0.296. The molecule has 3 rings (SSSR count). The standard InChI is InChI=1S/C22H26F4N6O5S/c1-3-30(8-9-32(27-2)38(35,36)16-4-6-28-7-5-16)19-17(23)10-14(11-18(19)24)31-13-15(37-22(31)34)12-29-21(33)20(25)26/h4-7,10-11,15,20,27H,3,8-9,12-13H2,1-2H3,(H,29,33)/t15-/m0/s1. The number of hydrogen-bond donors (Lipinski definition) is 2. The van der Waals surface area contributed by atoms with Crippen LogP contribution < -0.4 is 20.5 Å². The van der Waals surface area contributed by atoms with Crippen molar-refractivity contribution in [2.75, 3.05) is 49.6 Å². The van der Waals surface area contributed by atoms with E-state index in [1.807, 2.05) is 5.32 Å². The van der Waals surface area contributed by atoms with Gasteiger partial charge in [0.15, 0.2) is 11.6 Å². The third-order valence-corrected chi connectivity index (χ3v) is 7.46. The number of amides is 2. The van der Waals surface area contributed by atoms with Crippen LogP contribution in [0.5, 0.6) is 0 Å². The lowest BCUT2D eigenvalue weighted by atomic mass is 10.2. The summed E-state index contributed by atoms with van der Waals surface area (Å²) < 4.78 is 86.6. The Morgan fingerprint density at radius 1 is 1.21 bits per heavy atom. The number of halogens is 4. The van der Waals surface area contributed by atoms with E-state index in [4.69, 9.17) is 4.74 Å². The second-order valence-corrected chi connectivity index (χ2v) is 9.85. The van der Waals surface area contributed by atoms with E-state index in [-0.39, 0.29) is 36.8 Å². The van der Waals surface area contributed by atoms with Crippen molar-refractivity contribution in [2.24, 2.45) is 0 Å². The Bertz CT molecular complexity index is 1230. The molecule has 38 heavy (non-hydrogen) atoms. The van der Waals surface area contributed by atoms with Crippen LogP contribution in [0, 0.1) is 11.6 Å². The predicted molar refractivity (Wildman–Crippen MR) is 128 cm³/mol. The number of likely N-dealkylation sites (N-methyl/N-ethyl adjacent to an activating group) is 1. The summed E-state index contributed by atoms with van der Waals surface area (Å²) in [7, 11) is -2.56. The van der Waals surface area contributed by atoms with Crippen molar-refractivity contribution in [3.63, 3.8) is 0 Å². The molecule has 0 bridgehead atoms. The number of alkyl halides is 2. The van der Waals surface area contributed by atoms with Crippen molar-refractivity contribution in [1.29, 1.82) is 0 Å². The lowest BCUT2D eigenvalue weighted by molar-refractivity contribution is -0.132. The zero-order chi connectivity index (χ0) is 28.0. The van der Waals surface area contributed by atoms with E-state index >= 15 is 8.78 Å². The number of rotatable bonds is 12. The van der Waals surface area contributed by atoms with Gasteiger partial charge in [0.25, 0.3) is 15.9 Å². The number of anilines is 2. The normalized spacial score (nSPS) is 15.7. The molecule has 0 unspecified atom stereocenters. The molecule has 1 atom stereocenters. The number of carbonyl (C=O) groups excluding carboxylic acids is 2. The van der Waals surface area contributed by atoms with E-state index in [0.717, 1.165) is 21.4 Å². The first-order chi connectivity index (χ1) is 18.0. The Morgan fingerprint density at radius 3 is 2.39 bits per heavy atom. The first kappa shape index (κ1) is 29.1. The Hall–Kier alpha value is -3.50. The Labute approximate surface area is 216 Å². The Morgan fingerprint density at radius 2 is 1.84 bits per heavy atom. The van der Waals surface area contributed by atoms with Crippen LogP contribution in [0.3, 0.4) is 0 Å². The molecule has 0 saturated carbocycles. The minimum atomic E-state index is -3.96. The highest BCUT2D eigenvalue weighted by Crippen LogP contribution is 2.31. The number of aromatic nitrogens is 1. The van der Waals surface area contributed by atoms with Gasteiger partial charge in [0.05, 0.1) is 23.7 Å². The monoisotopic (exact) mass is 562 g/mol. The van der Waals surface area contributed by atoms with Gasteiger partial charge < -0.3 is 15.0 Å². The van der Waals surface area contributed by atoms with Crippen molar-refractivity contribution in [3.05, 3.63) is 48.3 Å². The smallest absolute Gasteiger partial charge is 0.414 e. The molecular formula is C22H26F4N6O5S. The fourth-order valence-electron chi connectivity index (χ4n) is 3.77. The minimum absolute atomic E-state index is 0.0174. The van der Waals surface area contributed by atoms with E-state index in [0.29, 0.717) is 0 Å². The van der Waals surface area contributed by atoms with Gasteiger partial charge in [0.1, 0.15) is 11.8 Å².